The first-order chi connectivity index (χ1) is 18.2. The first-order valence-electron chi connectivity index (χ1n) is 14.3. The summed E-state index contributed by atoms with van der Waals surface area (Å²) in [7, 11) is 0. The fourth-order valence-corrected chi connectivity index (χ4v) is 6.04. The molecular formula is C31H41N3O3. The smallest absolute Gasteiger partial charge is 0.253 e. The molecule has 37 heavy (non-hydrogen) atoms. The standard InChI is InChI=1S/C31H41N3O3/c35-30-16-13-25-9-3-4-10-29(25)34(30)27-17-22-33(23-18-27)31(36)26-11-14-28(15-12-26)37-24-8-2-1-5-19-32-20-6-7-21-32/h3-4,9-12,14-15,27H,1-2,5-8,13,16-24H2. The lowest BCUT2D eigenvalue weighted by Crippen LogP contribution is -2.50. The van der Waals surface area contributed by atoms with Crippen molar-refractivity contribution >= 4 is 17.5 Å². The van der Waals surface area contributed by atoms with Crippen LogP contribution >= 0.6 is 0 Å². The molecule has 5 rings (SSSR count). The number of likely N-dealkylation sites (tertiary alicyclic amines) is 2. The highest BCUT2D eigenvalue weighted by Gasteiger charge is 2.33. The van der Waals surface area contributed by atoms with Crippen molar-refractivity contribution in [2.75, 3.05) is 44.2 Å². The molecule has 0 bridgehead atoms. The number of rotatable bonds is 10. The Morgan fingerprint density at radius 1 is 0.838 bits per heavy atom. The summed E-state index contributed by atoms with van der Waals surface area (Å²) >= 11 is 0. The van der Waals surface area contributed by atoms with E-state index in [1.165, 1.54) is 57.3 Å². The molecule has 0 N–H and O–H groups in total. The Balaban J connectivity index is 1.03. The van der Waals surface area contributed by atoms with Gasteiger partial charge in [-0.25, -0.2) is 0 Å². The number of unbranched alkanes of at least 4 members (excludes halogenated alkanes) is 3. The molecule has 3 aliphatic heterocycles. The molecule has 2 aromatic rings. The number of aryl methyl sites for hydroxylation is 1. The molecule has 0 saturated carbocycles. The van der Waals surface area contributed by atoms with E-state index < -0.39 is 0 Å². The number of hydrogen-bond donors (Lipinski definition) is 0. The monoisotopic (exact) mass is 503 g/mol. The molecule has 0 atom stereocenters. The number of carbonyl (C=O) groups excluding carboxylic acids is 2. The second kappa shape index (κ2) is 12.6. The van der Waals surface area contributed by atoms with Crippen LogP contribution in [0.3, 0.4) is 0 Å². The SMILES string of the molecule is O=C(c1ccc(OCCCCCCN2CCCC2)cc1)N1CCC(N2C(=O)CCc3ccccc32)CC1. The van der Waals surface area contributed by atoms with Crippen molar-refractivity contribution in [2.24, 2.45) is 0 Å². The number of amides is 2. The number of ether oxygens (including phenoxy) is 1. The number of benzene rings is 2. The van der Waals surface area contributed by atoms with Gasteiger partial charge in [0.25, 0.3) is 5.91 Å². The van der Waals surface area contributed by atoms with Gasteiger partial charge in [-0.1, -0.05) is 31.0 Å². The van der Waals surface area contributed by atoms with Crippen LogP contribution in [0.5, 0.6) is 5.75 Å². The third kappa shape index (κ3) is 6.53. The highest BCUT2D eigenvalue weighted by Crippen LogP contribution is 2.32. The molecule has 2 aromatic carbocycles. The van der Waals surface area contributed by atoms with Gasteiger partial charge in [-0.2, -0.15) is 0 Å². The summed E-state index contributed by atoms with van der Waals surface area (Å²) < 4.78 is 5.91. The van der Waals surface area contributed by atoms with E-state index in [2.05, 4.69) is 17.0 Å². The Morgan fingerprint density at radius 2 is 1.57 bits per heavy atom. The third-order valence-corrected chi connectivity index (χ3v) is 8.18. The molecule has 6 heteroatoms. The van der Waals surface area contributed by atoms with Gasteiger partial charge in [0.2, 0.25) is 5.91 Å². The van der Waals surface area contributed by atoms with E-state index in [4.69, 9.17) is 4.74 Å². The Morgan fingerprint density at radius 3 is 2.35 bits per heavy atom. The predicted molar refractivity (Wildman–Crippen MR) is 147 cm³/mol. The van der Waals surface area contributed by atoms with E-state index in [0.29, 0.717) is 25.1 Å². The summed E-state index contributed by atoms with van der Waals surface area (Å²) in [5.41, 5.74) is 3.01. The maximum Gasteiger partial charge on any atom is 0.253 e. The Labute approximate surface area is 221 Å². The van der Waals surface area contributed by atoms with Crippen molar-refractivity contribution in [1.82, 2.24) is 9.80 Å². The van der Waals surface area contributed by atoms with Gasteiger partial charge in [0.15, 0.2) is 0 Å². The number of fused-ring (bicyclic) bond motifs is 1. The molecular weight excluding hydrogens is 462 g/mol. The summed E-state index contributed by atoms with van der Waals surface area (Å²) in [6, 6.07) is 16.0. The van der Waals surface area contributed by atoms with Crippen LogP contribution < -0.4 is 9.64 Å². The highest BCUT2D eigenvalue weighted by molar-refractivity contribution is 5.97. The van der Waals surface area contributed by atoms with E-state index in [0.717, 1.165) is 43.7 Å². The summed E-state index contributed by atoms with van der Waals surface area (Å²) in [6.07, 6.45) is 10.6. The summed E-state index contributed by atoms with van der Waals surface area (Å²) in [5.74, 6) is 1.10. The van der Waals surface area contributed by atoms with Gasteiger partial charge in [0.05, 0.1) is 6.61 Å². The summed E-state index contributed by atoms with van der Waals surface area (Å²) in [6.45, 7) is 5.89. The minimum absolute atomic E-state index is 0.0633. The minimum atomic E-state index is 0.0633. The van der Waals surface area contributed by atoms with E-state index in [-0.39, 0.29) is 17.9 Å². The molecule has 0 unspecified atom stereocenters. The van der Waals surface area contributed by atoms with Crippen molar-refractivity contribution in [3.05, 3.63) is 59.7 Å². The van der Waals surface area contributed by atoms with Crippen molar-refractivity contribution in [2.45, 2.75) is 70.3 Å². The van der Waals surface area contributed by atoms with Crippen LogP contribution in [0.4, 0.5) is 5.69 Å². The van der Waals surface area contributed by atoms with Crippen LogP contribution in [-0.2, 0) is 11.2 Å². The summed E-state index contributed by atoms with van der Waals surface area (Å²) in [4.78, 5) is 32.4. The van der Waals surface area contributed by atoms with Crippen LogP contribution in [0.25, 0.3) is 0 Å². The largest absolute Gasteiger partial charge is 0.494 e. The van der Waals surface area contributed by atoms with Gasteiger partial charge < -0.3 is 19.4 Å². The molecule has 2 fully saturated rings. The molecule has 6 nitrogen and oxygen atoms in total. The van der Waals surface area contributed by atoms with E-state index in [1.807, 2.05) is 46.2 Å². The minimum Gasteiger partial charge on any atom is -0.494 e. The van der Waals surface area contributed by atoms with E-state index in [1.54, 1.807) is 0 Å². The van der Waals surface area contributed by atoms with Crippen LogP contribution in [0, 0.1) is 0 Å². The second-order valence-electron chi connectivity index (χ2n) is 10.8. The lowest BCUT2D eigenvalue weighted by atomic mass is 9.95. The number of hydrogen-bond acceptors (Lipinski definition) is 4. The van der Waals surface area contributed by atoms with Gasteiger partial charge in [0.1, 0.15) is 5.75 Å². The normalized spacial score (nSPS) is 18.8. The molecule has 3 heterocycles. The number of para-hydroxylation sites is 1. The third-order valence-electron chi connectivity index (χ3n) is 8.18. The Kier molecular flexibility index (Phi) is 8.77. The lowest BCUT2D eigenvalue weighted by molar-refractivity contribution is -0.119. The fourth-order valence-electron chi connectivity index (χ4n) is 6.04. The molecule has 3 aliphatic rings. The lowest BCUT2D eigenvalue weighted by Gasteiger charge is -2.41. The van der Waals surface area contributed by atoms with Gasteiger partial charge in [-0.3, -0.25) is 9.59 Å². The fraction of sp³-hybridized carbons (Fsp3) is 0.548. The van der Waals surface area contributed by atoms with Gasteiger partial charge >= 0.3 is 0 Å². The molecule has 0 radical (unpaired) electrons. The van der Waals surface area contributed by atoms with Crippen molar-refractivity contribution < 1.29 is 14.3 Å². The first kappa shape index (κ1) is 25.8. The molecule has 0 aliphatic carbocycles. The molecule has 2 saturated heterocycles. The van der Waals surface area contributed by atoms with Crippen LogP contribution in [0.15, 0.2) is 48.5 Å². The zero-order valence-corrected chi connectivity index (χ0v) is 22.1. The molecule has 2 amide bonds. The number of anilines is 1. The number of piperidine rings is 1. The second-order valence-corrected chi connectivity index (χ2v) is 10.8. The first-order valence-corrected chi connectivity index (χ1v) is 14.3. The van der Waals surface area contributed by atoms with Crippen molar-refractivity contribution in [3.63, 3.8) is 0 Å². The van der Waals surface area contributed by atoms with Crippen LogP contribution in [0.1, 0.15) is 73.7 Å². The number of nitrogens with zero attached hydrogens (tertiary/aromatic N) is 3. The predicted octanol–water partition coefficient (Wildman–Crippen LogP) is 5.31. The van der Waals surface area contributed by atoms with E-state index in [9.17, 15) is 9.59 Å². The Hall–Kier alpha value is -2.86. The maximum atomic E-state index is 13.1. The summed E-state index contributed by atoms with van der Waals surface area (Å²) in [5, 5.41) is 0. The van der Waals surface area contributed by atoms with Crippen LogP contribution in [-0.4, -0.2) is 67.0 Å². The maximum absolute atomic E-state index is 13.1. The van der Waals surface area contributed by atoms with Crippen molar-refractivity contribution in [1.29, 1.82) is 0 Å². The molecule has 198 valence electrons. The zero-order chi connectivity index (χ0) is 25.5. The quantitative estimate of drug-likeness (QED) is 0.413. The highest BCUT2D eigenvalue weighted by atomic mass is 16.5. The molecule has 0 aromatic heterocycles. The van der Waals surface area contributed by atoms with Gasteiger partial charge in [-0.15, -0.1) is 0 Å². The van der Waals surface area contributed by atoms with Crippen LogP contribution in [0.2, 0.25) is 0 Å². The van der Waals surface area contributed by atoms with Gasteiger partial charge in [0, 0.05) is 36.8 Å². The zero-order valence-electron chi connectivity index (χ0n) is 22.1. The molecule has 0 spiro atoms. The topological polar surface area (TPSA) is 53.1 Å². The number of carbonyl (C=O) groups is 2. The average molecular weight is 504 g/mol. The van der Waals surface area contributed by atoms with Crippen molar-refractivity contribution in [3.8, 4) is 5.75 Å². The van der Waals surface area contributed by atoms with Gasteiger partial charge in [-0.05, 0) is 100 Å². The van der Waals surface area contributed by atoms with E-state index >= 15 is 0 Å². The average Bonchev–Trinajstić information content (AvgIpc) is 3.46. The Bertz CT molecular complexity index is 1040.